The lowest BCUT2D eigenvalue weighted by molar-refractivity contribution is -0.132. The Hall–Kier alpha value is -4.18. The van der Waals surface area contributed by atoms with Crippen LogP contribution in [0.15, 0.2) is 48.0 Å². The second-order valence-corrected chi connectivity index (χ2v) is 10.5. The van der Waals surface area contributed by atoms with Crippen LogP contribution in [0, 0.1) is 6.92 Å². The average Bonchev–Trinajstić information content (AvgIpc) is 3.48. The lowest BCUT2D eigenvalue weighted by Crippen LogP contribution is -2.29. The fraction of sp³-hybridized carbons (Fsp3) is 0.355. The smallest absolute Gasteiger partial charge is 0.301 e. The molecule has 9 nitrogen and oxygen atoms in total. The molecular formula is C31H34N2O7S. The number of benzene rings is 2. The Bertz CT molecular complexity index is 1480. The fourth-order valence-corrected chi connectivity index (χ4v) is 5.67. The third-order valence-corrected chi connectivity index (χ3v) is 7.97. The van der Waals surface area contributed by atoms with E-state index in [-0.39, 0.29) is 22.2 Å². The summed E-state index contributed by atoms with van der Waals surface area (Å²) in [6, 6.07) is 10.7. The van der Waals surface area contributed by atoms with Crippen molar-refractivity contribution >= 4 is 39.7 Å². The minimum absolute atomic E-state index is 0.101. The highest BCUT2D eigenvalue weighted by atomic mass is 32.1. The molecule has 2 heterocycles. The number of carbonyl (C=O) groups is 3. The largest absolute Gasteiger partial charge is 0.507 e. The van der Waals surface area contributed by atoms with E-state index in [2.05, 4.69) is 11.9 Å². The number of Topliss-reactive ketones (excluding diaryl/α,β-unsaturated/α-hetero) is 2. The van der Waals surface area contributed by atoms with Gasteiger partial charge in [-0.25, -0.2) is 4.98 Å². The first-order chi connectivity index (χ1) is 19.7. The van der Waals surface area contributed by atoms with Crippen LogP contribution < -0.4 is 19.1 Å². The number of methoxy groups -OCH3 is 1. The van der Waals surface area contributed by atoms with Gasteiger partial charge in [-0.1, -0.05) is 37.2 Å². The molecule has 41 heavy (non-hydrogen) atoms. The number of aliphatic hydroxyl groups excluding tert-OH is 1. The standard InChI is InChI=1S/C31H34N2O7S/c1-6-8-9-16-40-23-15-12-21(17-24(23)39-7-2)26-25(27(35)20-10-13-22(38-5)14-11-20)28(36)30(37)33(26)31-32-18(3)29(41-31)19(4)34/h10-15,17,26,35H,6-9,16H2,1-5H3. The van der Waals surface area contributed by atoms with E-state index in [9.17, 15) is 19.5 Å². The van der Waals surface area contributed by atoms with Crippen molar-refractivity contribution < 1.29 is 33.7 Å². The number of hydrogen-bond donors (Lipinski definition) is 1. The summed E-state index contributed by atoms with van der Waals surface area (Å²) in [5.41, 5.74) is 1.21. The summed E-state index contributed by atoms with van der Waals surface area (Å²) in [7, 11) is 1.53. The van der Waals surface area contributed by atoms with Crippen LogP contribution in [0.2, 0.25) is 0 Å². The van der Waals surface area contributed by atoms with Crippen molar-refractivity contribution in [1.82, 2.24) is 4.98 Å². The minimum atomic E-state index is -1.03. The first-order valence-corrected chi connectivity index (χ1v) is 14.4. The molecule has 1 N–H and O–H groups in total. The molecule has 4 rings (SSSR count). The van der Waals surface area contributed by atoms with Gasteiger partial charge in [0.2, 0.25) is 0 Å². The van der Waals surface area contributed by atoms with E-state index in [1.165, 1.54) is 18.9 Å². The number of ketones is 2. The zero-order valence-electron chi connectivity index (χ0n) is 23.9. The molecule has 0 spiro atoms. The van der Waals surface area contributed by atoms with Crippen molar-refractivity contribution in [2.24, 2.45) is 0 Å². The monoisotopic (exact) mass is 578 g/mol. The second kappa shape index (κ2) is 13.0. The van der Waals surface area contributed by atoms with Gasteiger partial charge >= 0.3 is 5.91 Å². The van der Waals surface area contributed by atoms with Crippen LogP contribution in [0.1, 0.15) is 72.6 Å². The second-order valence-electron chi connectivity index (χ2n) is 9.56. The molecule has 1 amide bonds. The number of nitrogens with zero attached hydrogens (tertiary/aromatic N) is 2. The van der Waals surface area contributed by atoms with Crippen LogP contribution in [0.25, 0.3) is 5.76 Å². The number of aryl methyl sites for hydroxylation is 1. The van der Waals surface area contributed by atoms with Gasteiger partial charge in [-0.15, -0.1) is 0 Å². The van der Waals surface area contributed by atoms with E-state index in [0.29, 0.717) is 52.2 Å². The molecule has 0 bridgehead atoms. The van der Waals surface area contributed by atoms with Gasteiger partial charge in [0, 0.05) is 12.5 Å². The van der Waals surface area contributed by atoms with Crippen molar-refractivity contribution in [3.05, 3.63) is 69.7 Å². The van der Waals surface area contributed by atoms with Gasteiger partial charge in [-0.3, -0.25) is 19.3 Å². The molecule has 1 saturated heterocycles. The maximum Gasteiger partial charge on any atom is 0.301 e. The Balaban J connectivity index is 1.88. The number of hydrogen-bond acceptors (Lipinski definition) is 9. The molecule has 0 radical (unpaired) electrons. The highest BCUT2D eigenvalue weighted by Crippen LogP contribution is 2.45. The normalized spacial score (nSPS) is 16.2. The molecule has 0 aliphatic carbocycles. The van der Waals surface area contributed by atoms with E-state index in [0.717, 1.165) is 30.6 Å². The van der Waals surface area contributed by atoms with Gasteiger partial charge in [0.15, 0.2) is 22.4 Å². The van der Waals surface area contributed by atoms with Crippen molar-refractivity contribution in [3.63, 3.8) is 0 Å². The first kappa shape index (κ1) is 29.8. The zero-order chi connectivity index (χ0) is 29.7. The molecule has 1 atom stereocenters. The SMILES string of the molecule is CCCCCOc1ccc(C2C(=C(O)c3ccc(OC)cc3)C(=O)C(=O)N2c2nc(C)c(C(C)=O)s2)cc1OCC. The van der Waals surface area contributed by atoms with Gasteiger partial charge in [0.25, 0.3) is 5.78 Å². The number of rotatable bonds is 12. The van der Waals surface area contributed by atoms with Crippen molar-refractivity contribution in [1.29, 1.82) is 0 Å². The van der Waals surface area contributed by atoms with E-state index >= 15 is 0 Å². The van der Waals surface area contributed by atoms with Crippen LogP contribution in [0.4, 0.5) is 5.13 Å². The summed E-state index contributed by atoms with van der Waals surface area (Å²) < 4.78 is 17.1. The van der Waals surface area contributed by atoms with Gasteiger partial charge in [-0.05, 0) is 62.2 Å². The zero-order valence-corrected chi connectivity index (χ0v) is 24.7. The highest BCUT2D eigenvalue weighted by molar-refractivity contribution is 7.18. The van der Waals surface area contributed by atoms with Crippen molar-refractivity contribution in [2.75, 3.05) is 25.2 Å². The number of carbonyl (C=O) groups excluding carboxylic acids is 3. The Labute approximate surface area is 243 Å². The van der Waals surface area contributed by atoms with Gasteiger partial charge in [0.1, 0.15) is 11.5 Å². The van der Waals surface area contributed by atoms with Crippen LogP contribution in [0.5, 0.6) is 17.2 Å². The molecule has 10 heteroatoms. The van der Waals surface area contributed by atoms with E-state index in [4.69, 9.17) is 14.2 Å². The molecule has 3 aromatic rings. The topological polar surface area (TPSA) is 115 Å². The summed E-state index contributed by atoms with van der Waals surface area (Å²) in [6.07, 6.45) is 3.00. The summed E-state index contributed by atoms with van der Waals surface area (Å²) >= 11 is 1.03. The third-order valence-electron chi connectivity index (χ3n) is 6.71. The Morgan fingerprint density at radius 3 is 2.39 bits per heavy atom. The van der Waals surface area contributed by atoms with Gasteiger partial charge < -0.3 is 19.3 Å². The van der Waals surface area contributed by atoms with Crippen LogP contribution in [-0.2, 0) is 9.59 Å². The quantitative estimate of drug-likeness (QED) is 0.0881. The number of amides is 1. The number of anilines is 1. The van der Waals surface area contributed by atoms with Crippen LogP contribution in [-0.4, -0.2) is 47.9 Å². The Morgan fingerprint density at radius 2 is 1.78 bits per heavy atom. The van der Waals surface area contributed by atoms with Crippen molar-refractivity contribution in [3.8, 4) is 17.2 Å². The highest BCUT2D eigenvalue weighted by Gasteiger charge is 2.48. The van der Waals surface area contributed by atoms with Crippen molar-refractivity contribution in [2.45, 2.75) is 53.0 Å². The minimum Gasteiger partial charge on any atom is -0.507 e. The number of unbranched alkanes of at least 4 members (excludes halogenated alkanes) is 2. The lowest BCUT2D eigenvalue weighted by atomic mass is 9.95. The molecule has 2 aromatic carbocycles. The average molecular weight is 579 g/mol. The number of aliphatic hydroxyl groups is 1. The maximum atomic E-state index is 13.5. The molecular weight excluding hydrogens is 544 g/mol. The summed E-state index contributed by atoms with van der Waals surface area (Å²) in [5.74, 6) is -0.675. The number of ether oxygens (including phenoxy) is 3. The van der Waals surface area contributed by atoms with Gasteiger partial charge in [-0.2, -0.15) is 0 Å². The van der Waals surface area contributed by atoms with Crippen LogP contribution >= 0.6 is 11.3 Å². The molecule has 216 valence electrons. The van der Waals surface area contributed by atoms with E-state index in [1.807, 2.05) is 6.92 Å². The summed E-state index contributed by atoms with van der Waals surface area (Å²) in [5, 5.41) is 11.6. The summed E-state index contributed by atoms with van der Waals surface area (Å²) in [6.45, 7) is 7.96. The molecule has 1 aliphatic heterocycles. The molecule has 1 aromatic heterocycles. The third kappa shape index (κ3) is 6.12. The molecule has 1 fully saturated rings. The fourth-order valence-electron chi connectivity index (χ4n) is 4.68. The molecule has 1 unspecified atom stereocenters. The lowest BCUT2D eigenvalue weighted by Gasteiger charge is -2.24. The predicted molar refractivity (Wildman–Crippen MR) is 157 cm³/mol. The van der Waals surface area contributed by atoms with Gasteiger partial charge in [0.05, 0.1) is 42.5 Å². The number of thiazole rings is 1. The summed E-state index contributed by atoms with van der Waals surface area (Å²) in [4.78, 5) is 45.4. The maximum absolute atomic E-state index is 13.5. The number of aromatic nitrogens is 1. The predicted octanol–water partition coefficient (Wildman–Crippen LogP) is 6.26. The Morgan fingerprint density at radius 1 is 1.05 bits per heavy atom. The molecule has 1 aliphatic rings. The van der Waals surface area contributed by atoms with E-state index < -0.39 is 17.7 Å². The Kier molecular flexibility index (Phi) is 9.44. The van der Waals surface area contributed by atoms with E-state index in [1.54, 1.807) is 49.4 Å². The first-order valence-electron chi connectivity index (χ1n) is 13.5. The van der Waals surface area contributed by atoms with Crippen LogP contribution in [0.3, 0.4) is 0 Å². The molecule has 0 saturated carbocycles.